The van der Waals surface area contributed by atoms with Crippen molar-refractivity contribution in [3.05, 3.63) is 77.9 Å². The van der Waals surface area contributed by atoms with Gasteiger partial charge in [0, 0.05) is 6.54 Å². The number of ether oxygens (including phenoxy) is 1. The summed E-state index contributed by atoms with van der Waals surface area (Å²) in [6.45, 7) is 1.80. The SMILES string of the molecule is CN(C)CCCOc1ccc(/C=C/c2ccc3ccccc3c2)cc1. The van der Waals surface area contributed by atoms with Gasteiger partial charge in [-0.1, -0.05) is 60.7 Å². The molecular weight excluding hydrogens is 306 g/mol. The van der Waals surface area contributed by atoms with Gasteiger partial charge < -0.3 is 9.64 Å². The van der Waals surface area contributed by atoms with Crippen LogP contribution < -0.4 is 4.74 Å². The molecule has 3 rings (SSSR count). The van der Waals surface area contributed by atoms with Gasteiger partial charge in [-0.05, 0) is 60.6 Å². The molecule has 25 heavy (non-hydrogen) atoms. The lowest BCUT2D eigenvalue weighted by molar-refractivity contribution is 0.281. The highest BCUT2D eigenvalue weighted by Crippen LogP contribution is 2.18. The predicted octanol–water partition coefficient (Wildman–Crippen LogP) is 5.34. The molecule has 0 aliphatic carbocycles. The van der Waals surface area contributed by atoms with Gasteiger partial charge in [-0.15, -0.1) is 0 Å². The minimum atomic E-state index is 0.754. The Kier molecular flexibility index (Phi) is 5.86. The first-order valence-electron chi connectivity index (χ1n) is 8.75. The van der Waals surface area contributed by atoms with E-state index in [-0.39, 0.29) is 0 Å². The lowest BCUT2D eigenvalue weighted by Crippen LogP contribution is -2.15. The molecule has 0 saturated heterocycles. The molecule has 3 aromatic rings. The number of rotatable bonds is 7. The molecule has 0 heterocycles. The molecule has 0 amide bonds. The molecule has 0 fully saturated rings. The van der Waals surface area contributed by atoms with E-state index in [4.69, 9.17) is 4.74 Å². The third kappa shape index (κ3) is 5.20. The molecule has 0 bridgehead atoms. The van der Waals surface area contributed by atoms with Crippen LogP contribution in [0.3, 0.4) is 0 Å². The maximum atomic E-state index is 5.77. The van der Waals surface area contributed by atoms with Crippen LogP contribution in [-0.4, -0.2) is 32.1 Å². The van der Waals surface area contributed by atoms with Gasteiger partial charge in [-0.3, -0.25) is 0 Å². The molecule has 0 aliphatic rings. The number of nitrogens with zero attached hydrogens (tertiary/aromatic N) is 1. The van der Waals surface area contributed by atoms with Crippen molar-refractivity contribution in [1.82, 2.24) is 4.90 Å². The van der Waals surface area contributed by atoms with Crippen molar-refractivity contribution in [1.29, 1.82) is 0 Å². The molecule has 0 spiro atoms. The van der Waals surface area contributed by atoms with Crippen molar-refractivity contribution in [2.24, 2.45) is 0 Å². The van der Waals surface area contributed by atoms with Crippen molar-refractivity contribution in [3.63, 3.8) is 0 Å². The summed E-state index contributed by atoms with van der Waals surface area (Å²) < 4.78 is 5.77. The van der Waals surface area contributed by atoms with Crippen LogP contribution in [0.5, 0.6) is 5.75 Å². The second-order valence-electron chi connectivity index (χ2n) is 6.51. The molecule has 0 N–H and O–H groups in total. The first kappa shape index (κ1) is 17.2. The summed E-state index contributed by atoms with van der Waals surface area (Å²) in [5.74, 6) is 0.932. The van der Waals surface area contributed by atoms with Gasteiger partial charge in [0.15, 0.2) is 0 Å². The van der Waals surface area contributed by atoms with Crippen LogP contribution in [0.1, 0.15) is 17.5 Å². The number of hydrogen-bond donors (Lipinski definition) is 0. The van der Waals surface area contributed by atoms with Crippen LogP contribution in [0.2, 0.25) is 0 Å². The van der Waals surface area contributed by atoms with E-state index in [1.165, 1.54) is 21.9 Å². The lowest BCUT2D eigenvalue weighted by atomic mass is 10.1. The topological polar surface area (TPSA) is 12.5 Å². The van der Waals surface area contributed by atoms with Crippen LogP contribution in [0.4, 0.5) is 0 Å². The molecule has 2 heteroatoms. The summed E-state index contributed by atoms with van der Waals surface area (Å²) in [6, 6.07) is 23.2. The van der Waals surface area contributed by atoms with Crippen molar-refractivity contribution in [2.75, 3.05) is 27.2 Å². The van der Waals surface area contributed by atoms with Crippen LogP contribution in [0.25, 0.3) is 22.9 Å². The third-order valence-corrected chi connectivity index (χ3v) is 4.14. The first-order chi connectivity index (χ1) is 12.2. The second kappa shape index (κ2) is 8.50. The molecule has 0 aliphatic heterocycles. The first-order valence-corrected chi connectivity index (χ1v) is 8.75. The maximum Gasteiger partial charge on any atom is 0.119 e. The quantitative estimate of drug-likeness (QED) is 0.428. The largest absolute Gasteiger partial charge is 0.494 e. The van der Waals surface area contributed by atoms with E-state index in [0.29, 0.717) is 0 Å². The highest BCUT2D eigenvalue weighted by atomic mass is 16.5. The summed E-state index contributed by atoms with van der Waals surface area (Å²) in [4.78, 5) is 2.17. The summed E-state index contributed by atoms with van der Waals surface area (Å²) >= 11 is 0. The third-order valence-electron chi connectivity index (χ3n) is 4.14. The zero-order valence-electron chi connectivity index (χ0n) is 15.0. The fourth-order valence-electron chi connectivity index (χ4n) is 2.75. The van der Waals surface area contributed by atoms with Gasteiger partial charge in [-0.2, -0.15) is 0 Å². The van der Waals surface area contributed by atoms with Crippen molar-refractivity contribution in [2.45, 2.75) is 6.42 Å². The Labute approximate surface area is 150 Å². The number of fused-ring (bicyclic) bond motifs is 1. The highest BCUT2D eigenvalue weighted by Gasteiger charge is 1.96. The Morgan fingerprint density at radius 3 is 2.24 bits per heavy atom. The molecule has 0 radical (unpaired) electrons. The van der Waals surface area contributed by atoms with E-state index in [1.807, 2.05) is 12.1 Å². The zero-order chi connectivity index (χ0) is 17.5. The Hall–Kier alpha value is -2.58. The minimum Gasteiger partial charge on any atom is -0.494 e. The average molecular weight is 331 g/mol. The molecule has 2 nitrogen and oxygen atoms in total. The second-order valence-corrected chi connectivity index (χ2v) is 6.51. The van der Waals surface area contributed by atoms with Crippen molar-refractivity contribution in [3.8, 4) is 5.75 Å². The van der Waals surface area contributed by atoms with E-state index >= 15 is 0 Å². The molecular formula is C23H25NO. The Bertz CT molecular complexity index is 834. The van der Waals surface area contributed by atoms with Crippen molar-refractivity contribution >= 4 is 22.9 Å². The van der Waals surface area contributed by atoms with Crippen molar-refractivity contribution < 1.29 is 4.74 Å². The van der Waals surface area contributed by atoms with E-state index in [9.17, 15) is 0 Å². The Balaban J connectivity index is 1.59. The van der Waals surface area contributed by atoms with Crippen LogP contribution in [-0.2, 0) is 0 Å². The van der Waals surface area contributed by atoms with E-state index in [0.717, 1.165) is 25.3 Å². The molecule has 128 valence electrons. The zero-order valence-corrected chi connectivity index (χ0v) is 15.0. The van der Waals surface area contributed by atoms with Crippen LogP contribution >= 0.6 is 0 Å². The van der Waals surface area contributed by atoms with Gasteiger partial charge in [0.05, 0.1) is 6.61 Å². The molecule has 0 unspecified atom stereocenters. The minimum absolute atomic E-state index is 0.754. The van der Waals surface area contributed by atoms with Crippen LogP contribution in [0.15, 0.2) is 66.7 Å². The maximum absolute atomic E-state index is 5.77. The van der Waals surface area contributed by atoms with Gasteiger partial charge in [0.2, 0.25) is 0 Å². The number of benzene rings is 3. The number of hydrogen-bond acceptors (Lipinski definition) is 2. The van der Waals surface area contributed by atoms with Crippen LogP contribution in [0, 0.1) is 0 Å². The fraction of sp³-hybridized carbons (Fsp3) is 0.217. The Morgan fingerprint density at radius 1 is 0.800 bits per heavy atom. The smallest absolute Gasteiger partial charge is 0.119 e. The molecule has 0 saturated carbocycles. The highest BCUT2D eigenvalue weighted by molar-refractivity contribution is 5.85. The van der Waals surface area contributed by atoms with Gasteiger partial charge in [0.25, 0.3) is 0 Å². The molecule has 0 atom stereocenters. The van der Waals surface area contributed by atoms with E-state index in [1.54, 1.807) is 0 Å². The van der Waals surface area contributed by atoms with Gasteiger partial charge >= 0.3 is 0 Å². The van der Waals surface area contributed by atoms with Gasteiger partial charge in [-0.25, -0.2) is 0 Å². The van der Waals surface area contributed by atoms with E-state index < -0.39 is 0 Å². The molecule has 0 aromatic heterocycles. The summed E-state index contributed by atoms with van der Waals surface area (Å²) in [5.41, 5.74) is 2.39. The van der Waals surface area contributed by atoms with Gasteiger partial charge in [0.1, 0.15) is 5.75 Å². The Morgan fingerprint density at radius 2 is 1.48 bits per heavy atom. The average Bonchev–Trinajstić information content (AvgIpc) is 2.64. The molecule has 3 aromatic carbocycles. The summed E-state index contributed by atoms with van der Waals surface area (Å²) in [5, 5.41) is 2.54. The fourth-order valence-corrected chi connectivity index (χ4v) is 2.75. The summed E-state index contributed by atoms with van der Waals surface area (Å²) in [6.07, 6.45) is 5.33. The normalized spacial score (nSPS) is 11.5. The predicted molar refractivity (Wildman–Crippen MR) is 108 cm³/mol. The lowest BCUT2D eigenvalue weighted by Gasteiger charge is -2.10. The van der Waals surface area contributed by atoms with E-state index in [2.05, 4.69) is 85.7 Å². The summed E-state index contributed by atoms with van der Waals surface area (Å²) in [7, 11) is 4.16. The monoisotopic (exact) mass is 331 g/mol. The standard InChI is InChI=1S/C23H25NO/c1-24(2)16-5-17-25-23-14-11-19(12-15-23)8-9-20-10-13-21-6-3-4-7-22(21)18-20/h3-4,6-15,18H,5,16-17H2,1-2H3/b9-8+.